The molecule has 0 aromatic heterocycles. The van der Waals surface area contributed by atoms with Gasteiger partial charge in [-0.05, 0) is 30.7 Å². The van der Waals surface area contributed by atoms with Crippen molar-refractivity contribution in [3.8, 4) is 0 Å². The number of carboxylic acids is 2. The molecule has 0 radical (unpaired) electrons. The van der Waals surface area contributed by atoms with Gasteiger partial charge >= 0.3 is 11.9 Å². The van der Waals surface area contributed by atoms with Crippen LogP contribution in [0.5, 0.6) is 0 Å². The van der Waals surface area contributed by atoms with Crippen molar-refractivity contribution in [2.24, 2.45) is 0 Å². The largest absolute Gasteiger partial charge is 0.481 e. The van der Waals surface area contributed by atoms with Crippen LogP contribution in [0.2, 0.25) is 5.02 Å². The molecular weight excluding hydrogens is 428 g/mol. The molecule has 2 N–H and O–H groups in total. The molecule has 0 aliphatic rings. The number of nitrogens with zero attached hydrogens (tertiary/aromatic N) is 2. The molecule has 12 heteroatoms. The summed E-state index contributed by atoms with van der Waals surface area (Å²) in [5.74, 6) is -2.55. The van der Waals surface area contributed by atoms with Crippen LogP contribution in [0.25, 0.3) is 0 Å². The van der Waals surface area contributed by atoms with Gasteiger partial charge in [0.25, 0.3) is 15.7 Å². The van der Waals surface area contributed by atoms with Crippen molar-refractivity contribution in [3.63, 3.8) is 0 Å². The Morgan fingerprint density at radius 1 is 1.14 bits per heavy atom. The van der Waals surface area contributed by atoms with Crippen molar-refractivity contribution in [2.75, 3.05) is 10.8 Å². The van der Waals surface area contributed by atoms with Gasteiger partial charge in [0, 0.05) is 19.0 Å². The highest BCUT2D eigenvalue weighted by molar-refractivity contribution is 7.93. The molecule has 0 unspecified atom stereocenters. The summed E-state index contributed by atoms with van der Waals surface area (Å²) in [6.07, 6.45) is -0.470. The summed E-state index contributed by atoms with van der Waals surface area (Å²) in [7, 11) is -4.52. The second-order valence-corrected chi connectivity index (χ2v) is 8.01. The number of anilines is 1. The zero-order valence-electron chi connectivity index (χ0n) is 14.7. The zero-order valence-corrected chi connectivity index (χ0v) is 16.3. The lowest BCUT2D eigenvalue weighted by atomic mass is 10.2. The molecule has 154 valence electrons. The van der Waals surface area contributed by atoms with E-state index in [1.54, 1.807) is 0 Å². The van der Waals surface area contributed by atoms with Crippen LogP contribution in [0.4, 0.5) is 11.4 Å². The number of nitro benzene ring substituents is 1. The molecule has 0 saturated carbocycles. The van der Waals surface area contributed by atoms with Gasteiger partial charge in [0.2, 0.25) is 0 Å². The van der Waals surface area contributed by atoms with Crippen LogP contribution in [0, 0.1) is 10.1 Å². The molecule has 10 nitrogen and oxygen atoms in total. The Morgan fingerprint density at radius 2 is 1.79 bits per heavy atom. The van der Waals surface area contributed by atoms with Crippen molar-refractivity contribution >= 4 is 44.9 Å². The lowest BCUT2D eigenvalue weighted by molar-refractivity contribution is -0.387. The number of hydrogen-bond acceptors (Lipinski definition) is 6. The second-order valence-electron chi connectivity index (χ2n) is 5.77. The highest BCUT2D eigenvalue weighted by Crippen LogP contribution is 2.32. The van der Waals surface area contributed by atoms with E-state index in [-0.39, 0.29) is 35.7 Å². The lowest BCUT2D eigenvalue weighted by Gasteiger charge is -2.24. The van der Waals surface area contributed by atoms with Gasteiger partial charge in [-0.25, -0.2) is 13.2 Å². The fraction of sp³-hybridized carbons (Fsp3) is 0.176. The molecule has 0 aliphatic carbocycles. The maximum absolute atomic E-state index is 13.2. The minimum absolute atomic E-state index is 0.111. The molecule has 2 aromatic carbocycles. The second kappa shape index (κ2) is 8.88. The Bertz CT molecular complexity index is 1070. The Kier molecular flexibility index (Phi) is 6.77. The number of halogens is 1. The average Bonchev–Trinajstić information content (AvgIpc) is 2.65. The Hall–Kier alpha value is -3.18. The van der Waals surface area contributed by atoms with Crippen molar-refractivity contribution < 1.29 is 33.1 Å². The molecule has 0 bridgehead atoms. The highest BCUT2D eigenvalue weighted by atomic mass is 35.5. The number of nitro groups is 1. The van der Waals surface area contributed by atoms with Gasteiger partial charge in [-0.1, -0.05) is 23.7 Å². The number of sulfonamides is 1. The van der Waals surface area contributed by atoms with E-state index in [2.05, 4.69) is 0 Å². The minimum atomic E-state index is -4.52. The quantitative estimate of drug-likeness (QED) is 0.443. The van der Waals surface area contributed by atoms with Gasteiger partial charge in [0.1, 0.15) is 0 Å². The van der Waals surface area contributed by atoms with E-state index in [1.165, 1.54) is 24.3 Å². The van der Waals surface area contributed by atoms with Gasteiger partial charge in [0.15, 0.2) is 4.90 Å². The molecule has 0 heterocycles. The number of rotatable bonds is 9. The van der Waals surface area contributed by atoms with E-state index >= 15 is 0 Å². The number of carboxylic acid groups (broad SMARTS) is 2. The van der Waals surface area contributed by atoms with Gasteiger partial charge in [0.05, 0.1) is 21.2 Å². The third-order valence-electron chi connectivity index (χ3n) is 3.85. The first-order valence-electron chi connectivity index (χ1n) is 8.06. The smallest absolute Gasteiger partial charge is 0.337 e. The molecule has 0 amide bonds. The Balaban J connectivity index is 2.62. The first kappa shape index (κ1) is 22.1. The molecular formula is C17H15ClN2O8S. The van der Waals surface area contributed by atoms with Crippen LogP contribution in [0.15, 0.2) is 47.4 Å². The van der Waals surface area contributed by atoms with Gasteiger partial charge in [-0.3, -0.25) is 19.2 Å². The summed E-state index contributed by atoms with van der Waals surface area (Å²) < 4.78 is 27.1. The molecule has 2 aromatic rings. The summed E-state index contributed by atoms with van der Waals surface area (Å²) in [6.45, 7) is -0.346. The van der Waals surface area contributed by atoms with Gasteiger partial charge in [-0.2, -0.15) is 0 Å². The van der Waals surface area contributed by atoms with E-state index in [0.717, 1.165) is 22.5 Å². The van der Waals surface area contributed by atoms with Crippen LogP contribution in [-0.2, 0) is 14.8 Å². The molecule has 2 rings (SSSR count). The summed E-state index contributed by atoms with van der Waals surface area (Å²) in [5, 5.41) is 29.2. The predicted octanol–water partition coefficient (Wildman–Crippen LogP) is 3.01. The average molecular weight is 443 g/mol. The number of aromatic carboxylic acids is 1. The van der Waals surface area contributed by atoms with Gasteiger partial charge < -0.3 is 10.2 Å². The Labute approximate surface area is 170 Å². The molecule has 0 saturated heterocycles. The Morgan fingerprint density at radius 3 is 2.38 bits per heavy atom. The van der Waals surface area contributed by atoms with Crippen molar-refractivity contribution in [3.05, 3.63) is 63.2 Å². The molecule has 0 atom stereocenters. The van der Waals surface area contributed by atoms with Crippen molar-refractivity contribution in [1.82, 2.24) is 0 Å². The number of aliphatic carboxylic acids is 1. The number of benzene rings is 2. The maximum Gasteiger partial charge on any atom is 0.337 e. The van der Waals surface area contributed by atoms with Crippen LogP contribution < -0.4 is 4.31 Å². The third kappa shape index (κ3) is 5.00. The van der Waals surface area contributed by atoms with E-state index in [4.69, 9.17) is 16.7 Å². The summed E-state index contributed by atoms with van der Waals surface area (Å²) in [5.41, 5.74) is -1.15. The summed E-state index contributed by atoms with van der Waals surface area (Å²) in [4.78, 5) is 32.0. The van der Waals surface area contributed by atoms with Crippen molar-refractivity contribution in [1.29, 1.82) is 0 Å². The molecule has 0 spiro atoms. The molecule has 29 heavy (non-hydrogen) atoms. The molecule has 0 fully saturated rings. The fourth-order valence-corrected chi connectivity index (χ4v) is 4.39. The maximum atomic E-state index is 13.2. The standard InChI is InChI=1S/C17H15ClN2O8S/c18-13-8-7-11(10-12(13)17(23)24)19(9-3-6-16(21)22)29(27,28)15-5-2-1-4-14(15)20(25)26/h1-2,4-5,7-8,10H,3,6,9H2,(H,21,22)(H,23,24). The zero-order chi connectivity index (χ0) is 21.8. The third-order valence-corrected chi connectivity index (χ3v) is 6.05. The SMILES string of the molecule is O=C(O)CCCN(c1ccc(Cl)c(C(=O)O)c1)S(=O)(=O)c1ccccc1[N+](=O)[O-]. The fourth-order valence-electron chi connectivity index (χ4n) is 2.54. The summed E-state index contributed by atoms with van der Waals surface area (Å²) >= 11 is 5.82. The van der Waals surface area contributed by atoms with Crippen LogP contribution in [0.1, 0.15) is 23.2 Å². The highest BCUT2D eigenvalue weighted by Gasteiger charge is 2.32. The molecule has 0 aliphatic heterocycles. The minimum Gasteiger partial charge on any atom is -0.481 e. The van der Waals surface area contributed by atoms with Crippen molar-refractivity contribution in [2.45, 2.75) is 17.7 Å². The topological polar surface area (TPSA) is 155 Å². The lowest BCUT2D eigenvalue weighted by Crippen LogP contribution is -2.33. The van der Waals surface area contributed by atoms with E-state index in [0.29, 0.717) is 0 Å². The first-order valence-corrected chi connectivity index (χ1v) is 9.88. The predicted molar refractivity (Wildman–Crippen MR) is 103 cm³/mol. The van der Waals surface area contributed by atoms with Crippen LogP contribution in [0.3, 0.4) is 0 Å². The monoisotopic (exact) mass is 442 g/mol. The normalized spacial score (nSPS) is 11.1. The van der Waals surface area contributed by atoms with E-state index in [1.807, 2.05) is 0 Å². The number of para-hydroxylation sites is 1. The number of hydrogen-bond donors (Lipinski definition) is 2. The van der Waals surface area contributed by atoms with Crippen LogP contribution >= 0.6 is 11.6 Å². The van der Waals surface area contributed by atoms with Crippen LogP contribution in [-0.4, -0.2) is 42.0 Å². The first-order chi connectivity index (χ1) is 13.6. The van der Waals surface area contributed by atoms with Gasteiger partial charge in [-0.15, -0.1) is 0 Å². The number of carbonyl (C=O) groups is 2. The van der Waals surface area contributed by atoms with E-state index in [9.17, 15) is 33.2 Å². The summed E-state index contributed by atoms with van der Waals surface area (Å²) in [6, 6.07) is 8.11. The van der Waals surface area contributed by atoms with E-state index < -0.39 is 37.5 Å².